The Balaban J connectivity index is 0.000000492. The predicted octanol–water partition coefficient (Wildman–Crippen LogP) is 4.52. The van der Waals surface area contributed by atoms with E-state index in [9.17, 15) is 5.11 Å². The van der Waals surface area contributed by atoms with Gasteiger partial charge in [-0.2, -0.15) is 0 Å². The summed E-state index contributed by atoms with van der Waals surface area (Å²) in [7, 11) is 9.40. The van der Waals surface area contributed by atoms with Gasteiger partial charge in [0.1, 0.15) is 5.75 Å². The molecule has 0 aromatic heterocycles. The number of aromatic hydroxyl groups is 1. The molecule has 0 saturated heterocycles. The maximum atomic E-state index is 9.50. The summed E-state index contributed by atoms with van der Waals surface area (Å²) in [6.07, 6.45) is 1.66. The quantitative estimate of drug-likeness (QED) is 0.638. The summed E-state index contributed by atoms with van der Waals surface area (Å²) >= 11 is 0.569. The Hall–Kier alpha value is -1.02. The van der Waals surface area contributed by atoms with Crippen molar-refractivity contribution in [2.24, 2.45) is 4.99 Å². The van der Waals surface area contributed by atoms with Gasteiger partial charge in [-0.3, -0.25) is 4.99 Å². The summed E-state index contributed by atoms with van der Waals surface area (Å²) in [5.41, 5.74) is 1.60. The van der Waals surface area contributed by atoms with Gasteiger partial charge in [0.05, 0.1) is 5.69 Å². The molecule has 0 aliphatic rings. The summed E-state index contributed by atoms with van der Waals surface area (Å²) in [4.78, 5) is 4.25. The molecule has 1 N–H and O–H groups in total. The van der Waals surface area contributed by atoms with Crippen molar-refractivity contribution in [1.82, 2.24) is 0 Å². The van der Waals surface area contributed by atoms with Gasteiger partial charge < -0.3 is 5.11 Å². The first-order chi connectivity index (χ1) is 8.77. The van der Waals surface area contributed by atoms with E-state index in [4.69, 9.17) is 20.4 Å². The fourth-order valence-corrected chi connectivity index (χ4v) is 1.25. The van der Waals surface area contributed by atoms with Gasteiger partial charge in [-0.25, -0.2) is 0 Å². The molecule has 0 atom stereocenters. The third kappa shape index (κ3) is 5.55. The molecule has 2 rings (SSSR count). The second kappa shape index (κ2) is 8.99. The van der Waals surface area contributed by atoms with Crippen molar-refractivity contribution in [1.29, 1.82) is 0 Å². The van der Waals surface area contributed by atoms with Gasteiger partial charge in [0, 0.05) is 11.8 Å². The first-order valence-electron chi connectivity index (χ1n) is 4.97. The van der Waals surface area contributed by atoms with E-state index < -0.39 is 0 Å². The van der Waals surface area contributed by atoms with Crippen LogP contribution in [0.5, 0.6) is 5.75 Å². The fraction of sp³-hybridized carbons (Fsp3) is 0. The van der Waals surface area contributed by atoms with Crippen LogP contribution < -0.4 is 0 Å². The SMILES string of the molecule is Oc1ccccc1C=Nc1ccccc1.[Cl][Ni][Cl]. The second-order valence-corrected chi connectivity index (χ2v) is 4.83. The normalized spacial score (nSPS) is 10.1. The number of phenolic OH excluding ortho intramolecular Hbond substituents is 1. The van der Waals surface area contributed by atoms with E-state index in [1.54, 1.807) is 18.3 Å². The van der Waals surface area contributed by atoms with E-state index in [1.165, 1.54) is 0 Å². The van der Waals surface area contributed by atoms with E-state index in [1.807, 2.05) is 42.5 Å². The number of benzene rings is 2. The predicted molar refractivity (Wildman–Crippen MR) is 73.5 cm³/mol. The standard InChI is InChI=1S/C13H11NO.2ClH.Ni/c15-13-9-5-4-6-11(13)10-14-12-7-2-1-3-8-12;;;/h1-10,15H;2*1H;/q;;;+2/p-2. The van der Waals surface area contributed by atoms with Crippen LogP contribution in [0.3, 0.4) is 0 Å². The third-order valence-electron chi connectivity index (χ3n) is 2.05. The van der Waals surface area contributed by atoms with Crippen LogP contribution in [0.4, 0.5) is 5.69 Å². The molecule has 18 heavy (non-hydrogen) atoms. The van der Waals surface area contributed by atoms with Gasteiger partial charge in [-0.1, -0.05) is 30.3 Å². The van der Waals surface area contributed by atoms with Crippen molar-refractivity contribution >= 4 is 32.3 Å². The molecule has 2 nitrogen and oxygen atoms in total. The van der Waals surface area contributed by atoms with Crippen molar-refractivity contribution in [3.63, 3.8) is 0 Å². The Morgan fingerprint density at radius 1 is 0.944 bits per heavy atom. The van der Waals surface area contributed by atoms with Crippen LogP contribution in [-0.4, -0.2) is 11.3 Å². The molecule has 0 bridgehead atoms. The van der Waals surface area contributed by atoms with Gasteiger partial charge >= 0.3 is 33.0 Å². The number of halogens is 2. The van der Waals surface area contributed by atoms with Gasteiger partial charge in [0.25, 0.3) is 0 Å². The van der Waals surface area contributed by atoms with E-state index in [0.29, 0.717) is 12.7 Å². The molecule has 0 unspecified atom stereocenters. The maximum absolute atomic E-state index is 9.50. The summed E-state index contributed by atoms with van der Waals surface area (Å²) in [5, 5.41) is 9.50. The first-order valence-corrected chi connectivity index (χ1v) is 7.69. The van der Waals surface area contributed by atoms with Crippen molar-refractivity contribution in [3.05, 3.63) is 60.2 Å². The fourth-order valence-electron chi connectivity index (χ4n) is 1.25. The van der Waals surface area contributed by atoms with Crippen LogP contribution in [-0.2, 0) is 12.7 Å². The van der Waals surface area contributed by atoms with Crippen molar-refractivity contribution in [2.75, 3.05) is 0 Å². The summed E-state index contributed by atoms with van der Waals surface area (Å²) in [6, 6.07) is 16.7. The molecule has 0 aliphatic heterocycles. The molecular weight excluding hydrogens is 316 g/mol. The number of nitrogens with zero attached hydrogens (tertiary/aromatic N) is 1. The monoisotopic (exact) mass is 325 g/mol. The summed E-state index contributed by atoms with van der Waals surface area (Å²) < 4.78 is 0. The topological polar surface area (TPSA) is 32.6 Å². The summed E-state index contributed by atoms with van der Waals surface area (Å²) in [6.45, 7) is 0. The van der Waals surface area contributed by atoms with Crippen LogP contribution in [0, 0.1) is 0 Å². The van der Waals surface area contributed by atoms with Gasteiger partial charge in [-0.15, -0.1) is 0 Å². The van der Waals surface area contributed by atoms with Gasteiger partial charge in [-0.05, 0) is 24.3 Å². The Morgan fingerprint density at radius 2 is 1.50 bits per heavy atom. The minimum absolute atomic E-state index is 0.247. The molecule has 0 aliphatic carbocycles. The van der Waals surface area contributed by atoms with Crippen molar-refractivity contribution in [2.45, 2.75) is 0 Å². The zero-order chi connectivity index (χ0) is 13.2. The average Bonchev–Trinajstić information content (AvgIpc) is 2.40. The summed E-state index contributed by atoms with van der Waals surface area (Å²) in [5.74, 6) is 0.247. The van der Waals surface area contributed by atoms with Crippen LogP contribution in [0.15, 0.2) is 59.6 Å². The first kappa shape index (κ1) is 15.0. The Morgan fingerprint density at radius 3 is 2.11 bits per heavy atom. The molecule has 2 aromatic rings. The zero-order valence-corrected chi connectivity index (χ0v) is 11.7. The van der Waals surface area contributed by atoms with E-state index >= 15 is 0 Å². The van der Waals surface area contributed by atoms with Crippen molar-refractivity contribution < 1.29 is 17.8 Å². The average molecular weight is 327 g/mol. The van der Waals surface area contributed by atoms with E-state index in [0.717, 1.165) is 11.3 Å². The second-order valence-electron chi connectivity index (χ2n) is 3.20. The number of aliphatic imine (C=N–C) groups is 1. The number of phenols is 1. The molecule has 0 radical (unpaired) electrons. The molecule has 0 heterocycles. The molecule has 2 aromatic carbocycles. The molecule has 98 valence electrons. The van der Waals surface area contributed by atoms with Gasteiger partial charge in [0.15, 0.2) is 0 Å². The number of para-hydroxylation sites is 2. The Bertz CT molecular complexity index is 491. The molecule has 0 amide bonds. The molecule has 0 fully saturated rings. The molecular formula is C13H11Cl2NNiO. The number of hydrogen-bond donors (Lipinski definition) is 1. The van der Waals surface area contributed by atoms with E-state index in [2.05, 4.69) is 4.99 Å². The van der Waals surface area contributed by atoms with Gasteiger partial charge in [0.2, 0.25) is 0 Å². The Labute approximate surface area is 121 Å². The van der Waals surface area contributed by atoms with Crippen LogP contribution in [0.2, 0.25) is 0 Å². The third-order valence-corrected chi connectivity index (χ3v) is 2.05. The molecule has 0 spiro atoms. The minimum atomic E-state index is 0.247. The number of hydrogen-bond acceptors (Lipinski definition) is 2. The van der Waals surface area contributed by atoms with Crippen LogP contribution >= 0.6 is 20.4 Å². The molecule has 0 saturated carbocycles. The van der Waals surface area contributed by atoms with E-state index in [-0.39, 0.29) is 5.75 Å². The Kier molecular flexibility index (Phi) is 7.51. The molecule has 5 heteroatoms. The van der Waals surface area contributed by atoms with Crippen LogP contribution in [0.1, 0.15) is 5.56 Å². The van der Waals surface area contributed by atoms with Crippen LogP contribution in [0.25, 0.3) is 0 Å². The zero-order valence-electron chi connectivity index (χ0n) is 9.24. The number of rotatable bonds is 2. The van der Waals surface area contributed by atoms with Crippen molar-refractivity contribution in [3.8, 4) is 5.75 Å².